The van der Waals surface area contributed by atoms with Crippen LogP contribution in [0.3, 0.4) is 0 Å². The van der Waals surface area contributed by atoms with Crippen LogP contribution < -0.4 is 11.5 Å². The van der Waals surface area contributed by atoms with Gasteiger partial charge in [0.15, 0.2) is 0 Å². The molecule has 1 rings (SSSR count). The highest BCUT2D eigenvalue weighted by molar-refractivity contribution is 5.72. The lowest BCUT2D eigenvalue weighted by Gasteiger charge is -2.07. The molecule has 0 aliphatic rings. The Morgan fingerprint density at radius 3 is 2.65 bits per heavy atom. The molecule has 5 N–H and O–H groups in total. The van der Waals surface area contributed by atoms with E-state index in [1.807, 2.05) is 19.1 Å². The van der Waals surface area contributed by atoms with Gasteiger partial charge in [0.05, 0.1) is 0 Å². The summed E-state index contributed by atoms with van der Waals surface area (Å²) in [5, 5.41) is 8.63. The van der Waals surface area contributed by atoms with Crippen LogP contribution in [0.2, 0.25) is 0 Å². The van der Waals surface area contributed by atoms with E-state index in [-0.39, 0.29) is 0 Å². The summed E-state index contributed by atoms with van der Waals surface area (Å²) in [7, 11) is 0. The zero-order valence-corrected chi connectivity index (χ0v) is 10.1. The molecule has 1 aromatic rings. The average Bonchev–Trinajstić information content (AvgIpc) is 2.22. The van der Waals surface area contributed by atoms with E-state index in [0.717, 1.165) is 30.5 Å². The van der Waals surface area contributed by atoms with Gasteiger partial charge in [-0.05, 0) is 49.4 Å². The van der Waals surface area contributed by atoms with Crippen LogP contribution in [0.25, 0.3) is 0 Å². The smallest absolute Gasteiger partial charge is 0.320 e. The Labute approximate surface area is 102 Å². The lowest BCUT2D eigenvalue weighted by atomic mass is 10.0. The third kappa shape index (κ3) is 4.87. The van der Waals surface area contributed by atoms with E-state index in [2.05, 4.69) is 6.07 Å². The summed E-state index contributed by atoms with van der Waals surface area (Å²) in [5.74, 6) is -0.926. The van der Waals surface area contributed by atoms with Gasteiger partial charge in [-0.2, -0.15) is 0 Å². The molecule has 4 nitrogen and oxygen atoms in total. The number of unbranched alkanes of at least 4 members (excludes halogenated alkanes) is 1. The molecular weight excluding hydrogens is 216 g/mol. The van der Waals surface area contributed by atoms with Crippen LogP contribution in [0.1, 0.15) is 30.4 Å². The minimum Gasteiger partial charge on any atom is -0.480 e. The lowest BCUT2D eigenvalue weighted by Crippen LogP contribution is -2.29. The number of carbonyl (C=O) groups is 1. The third-order valence-corrected chi connectivity index (χ3v) is 2.71. The topological polar surface area (TPSA) is 89.3 Å². The minimum absolute atomic E-state index is 0.524. The Kier molecular flexibility index (Phi) is 4.97. The van der Waals surface area contributed by atoms with Crippen molar-refractivity contribution in [2.24, 2.45) is 5.73 Å². The normalized spacial score (nSPS) is 12.4. The number of carboxylic acid groups (broad SMARTS) is 1. The van der Waals surface area contributed by atoms with Gasteiger partial charge in [0.25, 0.3) is 0 Å². The van der Waals surface area contributed by atoms with Crippen LogP contribution in [0.4, 0.5) is 5.69 Å². The van der Waals surface area contributed by atoms with Gasteiger partial charge in [-0.15, -0.1) is 0 Å². The van der Waals surface area contributed by atoms with Crippen molar-refractivity contribution in [3.8, 4) is 0 Å². The Morgan fingerprint density at radius 1 is 1.35 bits per heavy atom. The van der Waals surface area contributed by atoms with E-state index < -0.39 is 12.0 Å². The zero-order chi connectivity index (χ0) is 12.8. The van der Waals surface area contributed by atoms with Crippen molar-refractivity contribution in [3.63, 3.8) is 0 Å². The zero-order valence-electron chi connectivity index (χ0n) is 10.1. The largest absolute Gasteiger partial charge is 0.480 e. The summed E-state index contributed by atoms with van der Waals surface area (Å²) in [5.41, 5.74) is 14.3. The van der Waals surface area contributed by atoms with E-state index in [1.54, 1.807) is 0 Å². The first kappa shape index (κ1) is 13.5. The second-order valence-electron chi connectivity index (χ2n) is 4.44. The van der Waals surface area contributed by atoms with Gasteiger partial charge in [-0.1, -0.05) is 12.5 Å². The highest BCUT2D eigenvalue weighted by Gasteiger charge is 2.10. The summed E-state index contributed by atoms with van der Waals surface area (Å²) in [6, 6.07) is 5.26. The molecule has 1 aromatic carbocycles. The number of nitrogen functional groups attached to an aromatic ring is 1. The van der Waals surface area contributed by atoms with Gasteiger partial charge in [0.1, 0.15) is 6.04 Å². The van der Waals surface area contributed by atoms with Crippen molar-refractivity contribution in [1.29, 1.82) is 0 Å². The number of aryl methyl sites for hydroxylation is 2. The highest BCUT2D eigenvalue weighted by atomic mass is 16.4. The van der Waals surface area contributed by atoms with Crippen molar-refractivity contribution in [3.05, 3.63) is 29.3 Å². The number of benzene rings is 1. The van der Waals surface area contributed by atoms with Gasteiger partial charge in [-0.3, -0.25) is 4.79 Å². The molecule has 0 aliphatic carbocycles. The molecule has 94 valence electrons. The van der Waals surface area contributed by atoms with Crippen LogP contribution in [-0.4, -0.2) is 17.1 Å². The molecule has 4 heteroatoms. The summed E-state index contributed by atoms with van der Waals surface area (Å²) in [6.45, 7) is 2.01. The van der Waals surface area contributed by atoms with Gasteiger partial charge in [0.2, 0.25) is 0 Å². The molecule has 0 aromatic heterocycles. The van der Waals surface area contributed by atoms with Crippen LogP contribution in [0.15, 0.2) is 18.2 Å². The van der Waals surface area contributed by atoms with Crippen molar-refractivity contribution in [2.75, 3.05) is 5.73 Å². The van der Waals surface area contributed by atoms with E-state index in [1.165, 1.54) is 5.56 Å². The molecule has 0 amide bonds. The van der Waals surface area contributed by atoms with Gasteiger partial charge >= 0.3 is 5.97 Å². The lowest BCUT2D eigenvalue weighted by molar-refractivity contribution is -0.138. The van der Waals surface area contributed by atoms with E-state index in [9.17, 15) is 4.79 Å². The van der Waals surface area contributed by atoms with E-state index in [0.29, 0.717) is 6.42 Å². The molecule has 0 aliphatic heterocycles. The standard InChI is InChI=1S/C13H20N2O2/c1-9-6-10(8-11(14)7-9)4-2-3-5-12(15)13(16)17/h6-8,12H,2-5,14-15H2,1H3,(H,16,17). The maximum atomic E-state index is 10.5. The average molecular weight is 236 g/mol. The number of hydrogen-bond donors (Lipinski definition) is 3. The van der Waals surface area contributed by atoms with Crippen molar-refractivity contribution >= 4 is 11.7 Å². The second-order valence-corrected chi connectivity index (χ2v) is 4.44. The molecule has 0 saturated heterocycles. The SMILES string of the molecule is Cc1cc(N)cc(CCCCC(N)C(=O)O)c1. The maximum Gasteiger partial charge on any atom is 0.320 e. The second kappa shape index (κ2) is 6.25. The molecule has 1 unspecified atom stereocenters. The molecule has 0 fully saturated rings. The molecule has 1 atom stereocenters. The number of hydrogen-bond acceptors (Lipinski definition) is 3. The fourth-order valence-corrected chi connectivity index (χ4v) is 1.86. The van der Waals surface area contributed by atoms with Crippen LogP contribution in [0, 0.1) is 6.92 Å². The number of rotatable bonds is 6. The number of anilines is 1. The Bertz CT molecular complexity index is 371. The summed E-state index contributed by atoms with van der Waals surface area (Å²) >= 11 is 0. The molecule has 0 bridgehead atoms. The molecule has 0 radical (unpaired) electrons. The quantitative estimate of drug-likeness (QED) is 0.518. The van der Waals surface area contributed by atoms with Crippen molar-refractivity contribution < 1.29 is 9.90 Å². The van der Waals surface area contributed by atoms with Crippen molar-refractivity contribution in [2.45, 2.75) is 38.6 Å². The molecule has 17 heavy (non-hydrogen) atoms. The number of carboxylic acids is 1. The van der Waals surface area contributed by atoms with Gasteiger partial charge in [-0.25, -0.2) is 0 Å². The molecule has 0 saturated carbocycles. The van der Waals surface area contributed by atoms with E-state index in [4.69, 9.17) is 16.6 Å². The molecule has 0 heterocycles. The first-order valence-electron chi connectivity index (χ1n) is 5.83. The first-order chi connectivity index (χ1) is 7.99. The Hall–Kier alpha value is -1.55. The molecular formula is C13H20N2O2. The predicted octanol–water partition coefficient (Wildman–Crippen LogP) is 1.70. The monoisotopic (exact) mass is 236 g/mol. The summed E-state index contributed by atoms with van der Waals surface area (Å²) in [4.78, 5) is 10.5. The Balaban J connectivity index is 2.33. The van der Waals surface area contributed by atoms with Crippen LogP contribution in [0.5, 0.6) is 0 Å². The maximum absolute atomic E-state index is 10.5. The number of nitrogens with two attached hydrogens (primary N) is 2. The fraction of sp³-hybridized carbons (Fsp3) is 0.462. The minimum atomic E-state index is -0.926. The third-order valence-electron chi connectivity index (χ3n) is 2.71. The first-order valence-corrected chi connectivity index (χ1v) is 5.83. The fourth-order valence-electron chi connectivity index (χ4n) is 1.86. The van der Waals surface area contributed by atoms with Gasteiger partial charge in [0, 0.05) is 5.69 Å². The summed E-state index contributed by atoms with van der Waals surface area (Å²) in [6.07, 6.45) is 3.19. The molecule has 0 spiro atoms. The Morgan fingerprint density at radius 2 is 2.06 bits per heavy atom. The highest BCUT2D eigenvalue weighted by Crippen LogP contribution is 2.14. The van der Waals surface area contributed by atoms with Crippen LogP contribution in [-0.2, 0) is 11.2 Å². The van der Waals surface area contributed by atoms with Crippen LogP contribution >= 0.6 is 0 Å². The van der Waals surface area contributed by atoms with E-state index >= 15 is 0 Å². The van der Waals surface area contributed by atoms with Gasteiger partial charge < -0.3 is 16.6 Å². The predicted molar refractivity (Wildman–Crippen MR) is 68.8 cm³/mol. The van der Waals surface area contributed by atoms with Crippen molar-refractivity contribution in [1.82, 2.24) is 0 Å². The summed E-state index contributed by atoms with van der Waals surface area (Å²) < 4.78 is 0. The number of aliphatic carboxylic acids is 1.